The van der Waals surface area contributed by atoms with Gasteiger partial charge in [0, 0.05) is 18.8 Å². The monoisotopic (exact) mass is 289 g/mol. The Morgan fingerprint density at radius 3 is 2.52 bits per heavy atom. The van der Waals surface area contributed by atoms with E-state index < -0.39 is 5.91 Å². The van der Waals surface area contributed by atoms with Crippen LogP contribution < -0.4 is 5.32 Å². The standard InChI is InChI=1S/C15H19N3O3/c1-10-9-11(2)18(17-10)8-4-7-16-15(21)14-12(19)5-3-6-13(14)20/h3,5-6,9,19-20H,4,7-8H2,1-2H3,(H,16,21). The van der Waals surface area contributed by atoms with Crippen molar-refractivity contribution in [2.24, 2.45) is 0 Å². The summed E-state index contributed by atoms with van der Waals surface area (Å²) in [6, 6.07) is 6.21. The van der Waals surface area contributed by atoms with E-state index in [0.29, 0.717) is 19.5 Å². The average Bonchev–Trinajstić information content (AvgIpc) is 2.73. The topological polar surface area (TPSA) is 87.4 Å². The van der Waals surface area contributed by atoms with E-state index in [1.807, 2.05) is 24.6 Å². The van der Waals surface area contributed by atoms with E-state index in [2.05, 4.69) is 10.4 Å². The van der Waals surface area contributed by atoms with Crippen molar-refractivity contribution in [1.29, 1.82) is 0 Å². The average molecular weight is 289 g/mol. The number of carbonyl (C=O) groups is 1. The number of phenolic OH excluding ortho intramolecular Hbond substituents is 2. The lowest BCUT2D eigenvalue weighted by Gasteiger charge is -2.09. The van der Waals surface area contributed by atoms with Gasteiger partial charge in [-0.25, -0.2) is 0 Å². The first-order valence-electron chi connectivity index (χ1n) is 6.79. The van der Waals surface area contributed by atoms with E-state index in [-0.39, 0.29) is 17.1 Å². The first-order chi connectivity index (χ1) is 9.99. The number of aromatic nitrogens is 2. The number of aromatic hydroxyl groups is 2. The maximum absolute atomic E-state index is 11.9. The quantitative estimate of drug-likeness (QED) is 0.732. The Labute approximate surface area is 123 Å². The zero-order chi connectivity index (χ0) is 15.4. The second-order valence-corrected chi connectivity index (χ2v) is 4.93. The Hall–Kier alpha value is -2.50. The van der Waals surface area contributed by atoms with Crippen molar-refractivity contribution in [2.45, 2.75) is 26.8 Å². The SMILES string of the molecule is Cc1cc(C)n(CCCNC(=O)c2c(O)cccc2O)n1. The second-order valence-electron chi connectivity index (χ2n) is 4.93. The Balaban J connectivity index is 1.86. The van der Waals surface area contributed by atoms with Gasteiger partial charge in [-0.05, 0) is 38.5 Å². The largest absolute Gasteiger partial charge is 0.507 e. The minimum atomic E-state index is -0.487. The van der Waals surface area contributed by atoms with Crippen LogP contribution in [0.3, 0.4) is 0 Å². The van der Waals surface area contributed by atoms with Crippen LogP contribution in [0.1, 0.15) is 28.2 Å². The highest BCUT2D eigenvalue weighted by molar-refractivity contribution is 5.99. The fraction of sp³-hybridized carbons (Fsp3) is 0.333. The van der Waals surface area contributed by atoms with Crippen LogP contribution in [-0.4, -0.2) is 32.4 Å². The summed E-state index contributed by atoms with van der Waals surface area (Å²) in [6.07, 6.45) is 0.710. The Morgan fingerprint density at radius 2 is 1.95 bits per heavy atom. The number of benzene rings is 1. The number of amides is 1. The highest BCUT2D eigenvalue weighted by Gasteiger charge is 2.15. The van der Waals surface area contributed by atoms with E-state index in [1.165, 1.54) is 18.2 Å². The molecule has 0 fully saturated rings. The molecule has 6 nitrogen and oxygen atoms in total. The van der Waals surface area contributed by atoms with Crippen molar-refractivity contribution in [2.75, 3.05) is 6.54 Å². The van der Waals surface area contributed by atoms with Gasteiger partial charge in [-0.15, -0.1) is 0 Å². The summed E-state index contributed by atoms with van der Waals surface area (Å²) >= 11 is 0. The smallest absolute Gasteiger partial charge is 0.258 e. The fourth-order valence-corrected chi connectivity index (χ4v) is 2.18. The number of hydrogen-bond acceptors (Lipinski definition) is 4. The third-order valence-corrected chi connectivity index (χ3v) is 3.18. The third kappa shape index (κ3) is 3.53. The van der Waals surface area contributed by atoms with Gasteiger partial charge >= 0.3 is 0 Å². The lowest BCUT2D eigenvalue weighted by molar-refractivity contribution is 0.0947. The van der Waals surface area contributed by atoms with Gasteiger partial charge < -0.3 is 15.5 Å². The Bertz CT molecular complexity index is 629. The highest BCUT2D eigenvalue weighted by Crippen LogP contribution is 2.25. The Morgan fingerprint density at radius 1 is 1.29 bits per heavy atom. The number of rotatable bonds is 5. The van der Waals surface area contributed by atoms with Crippen molar-refractivity contribution in [3.63, 3.8) is 0 Å². The van der Waals surface area contributed by atoms with Crippen LogP contribution in [-0.2, 0) is 6.54 Å². The van der Waals surface area contributed by atoms with Crippen LogP contribution in [0.4, 0.5) is 0 Å². The van der Waals surface area contributed by atoms with Crippen LogP contribution in [0, 0.1) is 13.8 Å². The zero-order valence-corrected chi connectivity index (χ0v) is 12.1. The van der Waals surface area contributed by atoms with Gasteiger partial charge in [-0.3, -0.25) is 9.48 Å². The van der Waals surface area contributed by atoms with Crippen LogP contribution in [0.15, 0.2) is 24.3 Å². The second kappa shape index (κ2) is 6.30. The molecule has 21 heavy (non-hydrogen) atoms. The molecular formula is C15H19N3O3. The molecule has 0 spiro atoms. The zero-order valence-electron chi connectivity index (χ0n) is 12.1. The number of hydrogen-bond donors (Lipinski definition) is 3. The molecule has 0 aliphatic heterocycles. The molecule has 6 heteroatoms. The molecule has 3 N–H and O–H groups in total. The number of nitrogens with one attached hydrogen (secondary N) is 1. The lowest BCUT2D eigenvalue weighted by Crippen LogP contribution is -2.25. The fourth-order valence-electron chi connectivity index (χ4n) is 2.18. The molecule has 0 unspecified atom stereocenters. The van der Waals surface area contributed by atoms with Gasteiger partial charge in [0.2, 0.25) is 0 Å². The van der Waals surface area contributed by atoms with Crippen molar-refractivity contribution < 1.29 is 15.0 Å². The summed E-state index contributed by atoms with van der Waals surface area (Å²) < 4.78 is 1.89. The third-order valence-electron chi connectivity index (χ3n) is 3.18. The van der Waals surface area contributed by atoms with Crippen LogP contribution >= 0.6 is 0 Å². The van der Waals surface area contributed by atoms with Gasteiger partial charge in [0.15, 0.2) is 0 Å². The predicted molar refractivity (Wildman–Crippen MR) is 78.4 cm³/mol. The van der Waals surface area contributed by atoms with Gasteiger partial charge in [0.1, 0.15) is 17.1 Å². The minimum absolute atomic E-state index is 0.0939. The number of nitrogens with zero attached hydrogens (tertiary/aromatic N) is 2. The first-order valence-corrected chi connectivity index (χ1v) is 6.79. The molecule has 2 rings (SSSR count). The van der Waals surface area contributed by atoms with Crippen LogP contribution in [0.5, 0.6) is 11.5 Å². The van der Waals surface area contributed by atoms with Gasteiger partial charge in [-0.1, -0.05) is 6.07 Å². The predicted octanol–water partition coefficient (Wildman–Crippen LogP) is 1.73. The molecule has 0 radical (unpaired) electrons. The summed E-state index contributed by atoms with van der Waals surface area (Å²) in [5, 5.41) is 26.2. The number of carbonyl (C=O) groups excluding carboxylic acids is 1. The van der Waals surface area contributed by atoms with E-state index in [4.69, 9.17) is 0 Å². The number of aryl methyl sites for hydroxylation is 3. The maximum atomic E-state index is 11.9. The molecular weight excluding hydrogens is 270 g/mol. The molecule has 0 atom stereocenters. The first kappa shape index (κ1) is 14.9. The van der Waals surface area contributed by atoms with E-state index in [9.17, 15) is 15.0 Å². The summed E-state index contributed by atoms with van der Waals surface area (Å²) in [6.45, 7) is 5.06. The minimum Gasteiger partial charge on any atom is -0.507 e. The van der Waals surface area contributed by atoms with E-state index in [0.717, 1.165) is 11.4 Å². The molecule has 0 aliphatic carbocycles. The van der Waals surface area contributed by atoms with Crippen LogP contribution in [0.25, 0.3) is 0 Å². The molecule has 112 valence electrons. The van der Waals surface area contributed by atoms with Crippen LogP contribution in [0.2, 0.25) is 0 Å². The molecule has 0 saturated heterocycles. The summed E-state index contributed by atoms with van der Waals surface area (Å²) in [5.41, 5.74) is 1.96. The van der Waals surface area contributed by atoms with Gasteiger partial charge in [-0.2, -0.15) is 5.10 Å². The van der Waals surface area contributed by atoms with Crippen molar-refractivity contribution >= 4 is 5.91 Å². The molecule has 1 heterocycles. The summed E-state index contributed by atoms with van der Waals surface area (Å²) in [5.74, 6) is -0.948. The maximum Gasteiger partial charge on any atom is 0.258 e. The molecule has 1 aromatic carbocycles. The molecule has 1 amide bonds. The van der Waals surface area contributed by atoms with E-state index in [1.54, 1.807) is 0 Å². The van der Waals surface area contributed by atoms with Gasteiger partial charge in [0.05, 0.1) is 5.69 Å². The number of phenols is 2. The molecule has 2 aromatic rings. The van der Waals surface area contributed by atoms with Crippen molar-refractivity contribution in [3.05, 3.63) is 41.2 Å². The molecule has 0 saturated carbocycles. The Kier molecular flexibility index (Phi) is 4.47. The van der Waals surface area contributed by atoms with Gasteiger partial charge in [0.25, 0.3) is 5.91 Å². The molecule has 0 bridgehead atoms. The highest BCUT2D eigenvalue weighted by atomic mass is 16.3. The molecule has 0 aliphatic rings. The van der Waals surface area contributed by atoms with Crippen molar-refractivity contribution in [3.8, 4) is 11.5 Å². The van der Waals surface area contributed by atoms with E-state index >= 15 is 0 Å². The lowest BCUT2D eigenvalue weighted by atomic mass is 10.1. The van der Waals surface area contributed by atoms with Crippen molar-refractivity contribution in [1.82, 2.24) is 15.1 Å². The summed E-state index contributed by atoms with van der Waals surface area (Å²) in [4.78, 5) is 11.9. The molecule has 1 aromatic heterocycles. The summed E-state index contributed by atoms with van der Waals surface area (Å²) in [7, 11) is 0. The normalized spacial score (nSPS) is 10.6.